The Morgan fingerprint density at radius 2 is 2.31 bits per heavy atom. The summed E-state index contributed by atoms with van der Waals surface area (Å²) >= 11 is 1.82. The molecular weight excluding hydrogens is 206 g/mol. The highest BCUT2D eigenvalue weighted by atomic mass is 35.5. The monoisotopic (exact) mass is 223 g/mol. The van der Waals surface area contributed by atoms with Gasteiger partial charge in [-0.25, -0.2) is 0 Å². The molecule has 0 aliphatic carbocycles. The number of nitrogens with one attached hydrogen (secondary N) is 1. The van der Waals surface area contributed by atoms with Crippen LogP contribution in [0.5, 0.6) is 0 Å². The standard InChI is InChI=1S/C8H17N3S.ClH/c1-7(2)6-9-10-8-11(3)4-5-12-8;/h7,9H,4-6H2,1-3H3;1H/b10-8-;. The minimum atomic E-state index is 0. The van der Waals surface area contributed by atoms with Gasteiger partial charge in [0.15, 0.2) is 5.17 Å². The minimum Gasteiger partial charge on any atom is -0.352 e. The summed E-state index contributed by atoms with van der Waals surface area (Å²) < 4.78 is 0. The predicted octanol–water partition coefficient (Wildman–Crippen LogP) is 1.60. The smallest absolute Gasteiger partial charge is 0.182 e. The minimum absolute atomic E-state index is 0. The molecule has 0 amide bonds. The Balaban J connectivity index is 0.00000144. The molecular formula is C8H18ClN3S. The van der Waals surface area contributed by atoms with E-state index in [1.807, 2.05) is 11.8 Å². The number of hydrogen-bond donors (Lipinski definition) is 1. The Kier molecular flexibility index (Phi) is 6.33. The van der Waals surface area contributed by atoms with Gasteiger partial charge in [0.05, 0.1) is 0 Å². The number of rotatable bonds is 3. The summed E-state index contributed by atoms with van der Waals surface area (Å²) in [6.45, 7) is 6.43. The maximum absolute atomic E-state index is 4.30. The summed E-state index contributed by atoms with van der Waals surface area (Å²) in [6, 6.07) is 0. The van der Waals surface area contributed by atoms with Gasteiger partial charge < -0.3 is 10.3 Å². The molecule has 1 fully saturated rings. The van der Waals surface area contributed by atoms with Gasteiger partial charge in [-0.3, -0.25) is 0 Å². The summed E-state index contributed by atoms with van der Waals surface area (Å²) in [7, 11) is 2.08. The van der Waals surface area contributed by atoms with Crippen molar-refractivity contribution in [3.8, 4) is 0 Å². The number of hydrogen-bond acceptors (Lipinski definition) is 3. The number of halogens is 1. The summed E-state index contributed by atoms with van der Waals surface area (Å²) in [4.78, 5) is 2.18. The van der Waals surface area contributed by atoms with Gasteiger partial charge in [-0.05, 0) is 5.92 Å². The van der Waals surface area contributed by atoms with Crippen LogP contribution >= 0.6 is 24.2 Å². The van der Waals surface area contributed by atoms with Crippen LogP contribution in [-0.2, 0) is 0 Å². The molecule has 0 radical (unpaired) electrons. The van der Waals surface area contributed by atoms with Gasteiger partial charge in [0.1, 0.15) is 0 Å². The molecule has 0 saturated carbocycles. The van der Waals surface area contributed by atoms with Gasteiger partial charge >= 0.3 is 0 Å². The second-order valence-electron chi connectivity index (χ2n) is 3.42. The van der Waals surface area contributed by atoms with Crippen LogP contribution in [0.1, 0.15) is 13.8 Å². The molecule has 0 aromatic heterocycles. The second-order valence-corrected chi connectivity index (χ2v) is 4.48. The Morgan fingerprint density at radius 1 is 1.62 bits per heavy atom. The largest absolute Gasteiger partial charge is 0.352 e. The molecule has 0 aromatic rings. The zero-order valence-electron chi connectivity index (χ0n) is 8.41. The van der Waals surface area contributed by atoms with Gasteiger partial charge in [0, 0.05) is 25.9 Å². The van der Waals surface area contributed by atoms with Crippen LogP contribution in [0.4, 0.5) is 0 Å². The molecule has 1 rings (SSSR count). The van der Waals surface area contributed by atoms with Crippen molar-refractivity contribution in [3.63, 3.8) is 0 Å². The molecule has 1 saturated heterocycles. The quantitative estimate of drug-likeness (QED) is 0.737. The molecule has 0 aromatic carbocycles. The lowest BCUT2D eigenvalue weighted by molar-refractivity contribution is 0.535. The summed E-state index contributed by atoms with van der Waals surface area (Å²) in [6.07, 6.45) is 0. The van der Waals surface area contributed by atoms with E-state index < -0.39 is 0 Å². The predicted molar refractivity (Wildman–Crippen MR) is 62.6 cm³/mol. The van der Waals surface area contributed by atoms with Gasteiger partial charge in [0.25, 0.3) is 0 Å². The van der Waals surface area contributed by atoms with Crippen LogP contribution in [-0.4, -0.2) is 36.0 Å². The topological polar surface area (TPSA) is 27.6 Å². The third kappa shape index (κ3) is 4.62. The molecule has 1 aliphatic heterocycles. The SMILES string of the molecule is CC(C)CN/N=C1\SCCN1C.Cl. The first-order chi connectivity index (χ1) is 5.70. The molecule has 1 N–H and O–H groups in total. The Labute approximate surface area is 90.7 Å². The summed E-state index contributed by atoms with van der Waals surface area (Å²) in [5, 5.41) is 5.42. The lowest BCUT2D eigenvalue weighted by Gasteiger charge is -2.10. The fraction of sp³-hybridized carbons (Fsp3) is 0.875. The average molecular weight is 224 g/mol. The molecule has 13 heavy (non-hydrogen) atoms. The van der Waals surface area contributed by atoms with E-state index in [-0.39, 0.29) is 12.4 Å². The summed E-state index contributed by atoms with van der Waals surface area (Å²) in [5.41, 5.74) is 3.08. The van der Waals surface area contributed by atoms with Crippen molar-refractivity contribution in [2.75, 3.05) is 25.9 Å². The second kappa shape index (κ2) is 6.38. The highest BCUT2D eigenvalue weighted by Gasteiger charge is 2.14. The molecule has 0 bridgehead atoms. The van der Waals surface area contributed by atoms with Gasteiger partial charge in [-0.1, -0.05) is 25.6 Å². The summed E-state index contributed by atoms with van der Waals surface area (Å²) in [5.74, 6) is 1.82. The number of amidine groups is 1. The van der Waals surface area contributed by atoms with E-state index in [0.717, 1.165) is 18.3 Å². The van der Waals surface area contributed by atoms with Gasteiger partial charge in [-0.2, -0.15) is 5.10 Å². The first kappa shape index (κ1) is 12.9. The third-order valence-corrected chi connectivity index (χ3v) is 2.71. The Morgan fingerprint density at radius 3 is 2.77 bits per heavy atom. The number of hydrazone groups is 1. The number of nitrogens with zero attached hydrogens (tertiary/aromatic N) is 2. The molecule has 78 valence electrons. The van der Waals surface area contributed by atoms with Crippen LogP contribution in [0, 0.1) is 5.92 Å². The van der Waals surface area contributed by atoms with E-state index in [1.165, 1.54) is 5.75 Å². The Bertz CT molecular complexity index is 173. The lowest BCUT2D eigenvalue weighted by Crippen LogP contribution is -2.22. The molecule has 1 aliphatic rings. The zero-order valence-corrected chi connectivity index (χ0v) is 10.0. The molecule has 5 heteroatoms. The van der Waals surface area contributed by atoms with E-state index in [0.29, 0.717) is 5.92 Å². The van der Waals surface area contributed by atoms with E-state index in [1.54, 1.807) is 0 Å². The van der Waals surface area contributed by atoms with Crippen molar-refractivity contribution in [2.24, 2.45) is 11.0 Å². The van der Waals surface area contributed by atoms with Crippen molar-refractivity contribution in [3.05, 3.63) is 0 Å². The molecule has 0 unspecified atom stereocenters. The van der Waals surface area contributed by atoms with E-state index in [2.05, 4.69) is 36.3 Å². The maximum atomic E-state index is 4.30. The van der Waals surface area contributed by atoms with Crippen molar-refractivity contribution >= 4 is 29.3 Å². The van der Waals surface area contributed by atoms with Crippen LogP contribution in [0.3, 0.4) is 0 Å². The maximum Gasteiger partial charge on any atom is 0.182 e. The fourth-order valence-corrected chi connectivity index (χ4v) is 1.88. The zero-order chi connectivity index (χ0) is 8.97. The van der Waals surface area contributed by atoms with Gasteiger partial charge in [0.2, 0.25) is 0 Å². The molecule has 0 spiro atoms. The van der Waals surface area contributed by atoms with Gasteiger partial charge in [-0.15, -0.1) is 12.4 Å². The van der Waals surface area contributed by atoms with Crippen molar-refractivity contribution in [1.29, 1.82) is 0 Å². The highest BCUT2D eigenvalue weighted by molar-refractivity contribution is 8.14. The normalized spacial score (nSPS) is 19.4. The lowest BCUT2D eigenvalue weighted by atomic mass is 10.2. The molecule has 1 heterocycles. The van der Waals surface area contributed by atoms with Crippen LogP contribution in [0.15, 0.2) is 5.10 Å². The fourth-order valence-electron chi connectivity index (χ4n) is 0.893. The number of thioether (sulfide) groups is 1. The van der Waals surface area contributed by atoms with Crippen molar-refractivity contribution < 1.29 is 0 Å². The van der Waals surface area contributed by atoms with Crippen molar-refractivity contribution in [2.45, 2.75) is 13.8 Å². The van der Waals surface area contributed by atoms with E-state index in [4.69, 9.17) is 0 Å². The average Bonchev–Trinajstić information content (AvgIpc) is 2.36. The van der Waals surface area contributed by atoms with E-state index >= 15 is 0 Å². The van der Waals surface area contributed by atoms with Crippen molar-refractivity contribution in [1.82, 2.24) is 10.3 Å². The highest BCUT2D eigenvalue weighted by Crippen LogP contribution is 2.14. The Hall–Kier alpha value is -0.0900. The molecule has 0 atom stereocenters. The van der Waals surface area contributed by atoms with Crippen LogP contribution < -0.4 is 5.43 Å². The third-order valence-electron chi connectivity index (χ3n) is 1.66. The first-order valence-corrected chi connectivity index (χ1v) is 5.33. The van der Waals surface area contributed by atoms with Crippen LogP contribution in [0.25, 0.3) is 0 Å². The first-order valence-electron chi connectivity index (χ1n) is 4.34. The van der Waals surface area contributed by atoms with Crippen LogP contribution in [0.2, 0.25) is 0 Å². The van der Waals surface area contributed by atoms with E-state index in [9.17, 15) is 0 Å². The molecule has 3 nitrogen and oxygen atoms in total.